The van der Waals surface area contributed by atoms with Crippen molar-refractivity contribution in [2.45, 2.75) is 36.2 Å². The lowest BCUT2D eigenvalue weighted by molar-refractivity contribution is 0.355. The molecule has 0 amide bonds. The molecule has 1 aliphatic carbocycles. The molecule has 112 valence electrons. The molecule has 3 rings (SSSR count). The van der Waals surface area contributed by atoms with E-state index in [0.29, 0.717) is 27.9 Å². The lowest BCUT2D eigenvalue weighted by atomic mass is 10.2. The van der Waals surface area contributed by atoms with E-state index in [-0.39, 0.29) is 0 Å². The first-order valence-electron chi connectivity index (χ1n) is 7.02. The maximum Gasteiger partial charge on any atom is 0.277 e. The fraction of sp³-hybridized carbons (Fsp3) is 0.467. The van der Waals surface area contributed by atoms with Gasteiger partial charge in [-0.1, -0.05) is 24.6 Å². The smallest absolute Gasteiger partial charge is 0.277 e. The average Bonchev–Trinajstić information content (AvgIpc) is 3.19. The molecule has 0 aliphatic heterocycles. The number of hydrogen-bond donors (Lipinski definition) is 0. The molecule has 0 N–H and O–H groups in total. The molecule has 1 aromatic carbocycles. The standard InChI is InChI=1S/C15H18N2O3S/c1-18-12-8-7-10(9-13(12)19-2)14-16-17-15(20-14)21-11-5-3-4-6-11/h7-9,11H,3-6H2,1-2H3. The first-order chi connectivity index (χ1) is 10.3. The summed E-state index contributed by atoms with van der Waals surface area (Å²) in [7, 11) is 3.22. The Balaban J connectivity index is 1.78. The lowest BCUT2D eigenvalue weighted by Gasteiger charge is -2.07. The Morgan fingerprint density at radius 2 is 1.86 bits per heavy atom. The molecule has 6 heteroatoms. The van der Waals surface area contributed by atoms with E-state index >= 15 is 0 Å². The zero-order valence-electron chi connectivity index (χ0n) is 12.2. The summed E-state index contributed by atoms with van der Waals surface area (Å²) in [6.45, 7) is 0. The van der Waals surface area contributed by atoms with Gasteiger partial charge in [0.25, 0.3) is 5.22 Å². The van der Waals surface area contributed by atoms with Gasteiger partial charge in [0.05, 0.1) is 14.2 Å². The predicted molar refractivity (Wildman–Crippen MR) is 81.0 cm³/mol. The molecular formula is C15H18N2O3S. The summed E-state index contributed by atoms with van der Waals surface area (Å²) in [5.41, 5.74) is 0.832. The monoisotopic (exact) mass is 306 g/mol. The minimum Gasteiger partial charge on any atom is -0.493 e. The molecule has 1 heterocycles. The summed E-state index contributed by atoms with van der Waals surface area (Å²) in [5.74, 6) is 1.84. The van der Waals surface area contributed by atoms with Gasteiger partial charge in [-0.15, -0.1) is 10.2 Å². The normalized spacial score (nSPS) is 15.3. The topological polar surface area (TPSA) is 57.4 Å². The van der Waals surface area contributed by atoms with Gasteiger partial charge in [-0.25, -0.2) is 0 Å². The summed E-state index contributed by atoms with van der Waals surface area (Å²) >= 11 is 1.69. The molecule has 1 aliphatic rings. The van der Waals surface area contributed by atoms with Crippen LogP contribution in [0.25, 0.3) is 11.5 Å². The van der Waals surface area contributed by atoms with Crippen molar-refractivity contribution in [3.05, 3.63) is 18.2 Å². The highest BCUT2D eigenvalue weighted by molar-refractivity contribution is 7.99. The molecule has 0 atom stereocenters. The highest BCUT2D eigenvalue weighted by Gasteiger charge is 2.20. The van der Waals surface area contributed by atoms with Crippen LogP contribution in [0.5, 0.6) is 11.5 Å². The van der Waals surface area contributed by atoms with Gasteiger partial charge in [-0.3, -0.25) is 0 Å². The highest BCUT2D eigenvalue weighted by Crippen LogP contribution is 2.36. The zero-order chi connectivity index (χ0) is 14.7. The SMILES string of the molecule is COc1ccc(-c2nnc(SC3CCCC3)o2)cc1OC. The predicted octanol–water partition coefficient (Wildman–Crippen LogP) is 3.79. The van der Waals surface area contributed by atoms with Crippen LogP contribution in [0.1, 0.15) is 25.7 Å². The molecule has 1 fully saturated rings. The number of hydrogen-bond acceptors (Lipinski definition) is 6. The first kappa shape index (κ1) is 14.3. The fourth-order valence-corrected chi connectivity index (χ4v) is 3.56. The average molecular weight is 306 g/mol. The third kappa shape index (κ3) is 3.15. The molecule has 5 nitrogen and oxygen atoms in total. The Labute approximate surface area is 128 Å². The number of methoxy groups -OCH3 is 2. The molecule has 1 saturated carbocycles. The van der Waals surface area contributed by atoms with Crippen LogP contribution < -0.4 is 9.47 Å². The van der Waals surface area contributed by atoms with Crippen molar-refractivity contribution >= 4 is 11.8 Å². The highest BCUT2D eigenvalue weighted by atomic mass is 32.2. The molecule has 0 bridgehead atoms. The van der Waals surface area contributed by atoms with Crippen molar-refractivity contribution < 1.29 is 13.9 Å². The molecule has 21 heavy (non-hydrogen) atoms. The summed E-state index contributed by atoms with van der Waals surface area (Å²) in [5, 5.41) is 9.51. The van der Waals surface area contributed by atoms with E-state index in [1.807, 2.05) is 18.2 Å². The van der Waals surface area contributed by atoms with Crippen LogP contribution in [-0.2, 0) is 0 Å². The second-order valence-electron chi connectivity index (χ2n) is 4.97. The molecule has 0 saturated heterocycles. The second kappa shape index (κ2) is 6.39. The molecule has 0 spiro atoms. The number of nitrogens with zero attached hydrogens (tertiary/aromatic N) is 2. The van der Waals surface area contributed by atoms with Crippen molar-refractivity contribution in [3.8, 4) is 23.0 Å². The number of aromatic nitrogens is 2. The van der Waals surface area contributed by atoms with Crippen LogP contribution in [-0.4, -0.2) is 29.7 Å². The Kier molecular flexibility index (Phi) is 4.34. The van der Waals surface area contributed by atoms with Crippen LogP contribution in [0, 0.1) is 0 Å². The van der Waals surface area contributed by atoms with Crippen molar-refractivity contribution in [1.82, 2.24) is 10.2 Å². The minimum atomic E-state index is 0.511. The van der Waals surface area contributed by atoms with E-state index in [2.05, 4.69) is 10.2 Å². The van der Waals surface area contributed by atoms with Gasteiger partial charge in [0, 0.05) is 10.8 Å². The van der Waals surface area contributed by atoms with Crippen molar-refractivity contribution in [3.63, 3.8) is 0 Å². The number of rotatable bonds is 5. The van der Waals surface area contributed by atoms with Gasteiger partial charge in [0.2, 0.25) is 5.89 Å². The van der Waals surface area contributed by atoms with E-state index in [9.17, 15) is 0 Å². The van der Waals surface area contributed by atoms with Crippen molar-refractivity contribution in [2.24, 2.45) is 0 Å². The summed E-state index contributed by atoms with van der Waals surface area (Å²) < 4.78 is 16.3. The van der Waals surface area contributed by atoms with Crippen LogP contribution in [0.4, 0.5) is 0 Å². The second-order valence-corrected chi connectivity index (χ2v) is 6.22. The third-order valence-corrected chi connectivity index (χ3v) is 4.78. The van der Waals surface area contributed by atoms with Crippen LogP contribution in [0.2, 0.25) is 0 Å². The molecule has 0 unspecified atom stereocenters. The summed E-state index contributed by atoms with van der Waals surface area (Å²) in [6, 6.07) is 5.57. The summed E-state index contributed by atoms with van der Waals surface area (Å²) in [6.07, 6.45) is 5.07. The molecular weight excluding hydrogens is 288 g/mol. The maximum absolute atomic E-state index is 5.75. The maximum atomic E-state index is 5.75. The lowest BCUT2D eigenvalue weighted by Crippen LogP contribution is -1.92. The first-order valence-corrected chi connectivity index (χ1v) is 7.90. The van der Waals surface area contributed by atoms with Gasteiger partial charge < -0.3 is 13.9 Å². The van der Waals surface area contributed by atoms with E-state index in [1.54, 1.807) is 26.0 Å². The van der Waals surface area contributed by atoms with Gasteiger partial charge >= 0.3 is 0 Å². The van der Waals surface area contributed by atoms with E-state index in [4.69, 9.17) is 13.9 Å². The third-order valence-electron chi connectivity index (χ3n) is 3.61. The van der Waals surface area contributed by atoms with Crippen LogP contribution in [0.3, 0.4) is 0 Å². The Morgan fingerprint density at radius 1 is 1.10 bits per heavy atom. The zero-order valence-corrected chi connectivity index (χ0v) is 13.0. The number of ether oxygens (including phenoxy) is 2. The van der Waals surface area contributed by atoms with Gasteiger partial charge in [-0.05, 0) is 31.0 Å². The van der Waals surface area contributed by atoms with Crippen molar-refractivity contribution in [1.29, 1.82) is 0 Å². The van der Waals surface area contributed by atoms with E-state index in [1.165, 1.54) is 25.7 Å². The minimum absolute atomic E-state index is 0.511. The summed E-state index contributed by atoms with van der Waals surface area (Å²) in [4.78, 5) is 0. The molecule has 1 aromatic heterocycles. The van der Waals surface area contributed by atoms with E-state index in [0.717, 1.165) is 5.56 Å². The van der Waals surface area contributed by atoms with E-state index < -0.39 is 0 Å². The number of thioether (sulfide) groups is 1. The Morgan fingerprint density at radius 3 is 2.57 bits per heavy atom. The quantitative estimate of drug-likeness (QED) is 0.837. The van der Waals surface area contributed by atoms with Crippen LogP contribution >= 0.6 is 11.8 Å². The Hall–Kier alpha value is -1.69. The number of benzene rings is 1. The van der Waals surface area contributed by atoms with Gasteiger partial charge in [-0.2, -0.15) is 0 Å². The molecule has 2 aromatic rings. The largest absolute Gasteiger partial charge is 0.493 e. The van der Waals surface area contributed by atoms with Crippen LogP contribution in [0.15, 0.2) is 27.8 Å². The fourth-order valence-electron chi connectivity index (χ4n) is 2.49. The van der Waals surface area contributed by atoms with Crippen molar-refractivity contribution in [2.75, 3.05) is 14.2 Å². The van der Waals surface area contributed by atoms with Gasteiger partial charge in [0.15, 0.2) is 11.5 Å². The van der Waals surface area contributed by atoms with Gasteiger partial charge in [0.1, 0.15) is 0 Å². The Bertz CT molecular complexity index is 609. The molecule has 0 radical (unpaired) electrons.